The molecule has 0 unspecified atom stereocenters. The summed E-state index contributed by atoms with van der Waals surface area (Å²) in [6.07, 6.45) is 3.60. The van der Waals surface area contributed by atoms with E-state index in [9.17, 15) is 9.90 Å². The van der Waals surface area contributed by atoms with E-state index in [1.54, 1.807) is 12.2 Å². The average Bonchev–Trinajstić information content (AvgIpc) is 2.08. The van der Waals surface area contributed by atoms with Crippen molar-refractivity contribution in [2.24, 2.45) is 0 Å². The predicted molar refractivity (Wildman–Crippen MR) is 61.7 cm³/mol. The Morgan fingerprint density at radius 1 is 1.38 bits per heavy atom. The Hall–Kier alpha value is -0.550. The van der Waals surface area contributed by atoms with Crippen molar-refractivity contribution < 1.29 is 9.90 Å². The number of carbonyl (C=O) groups is 1. The topological polar surface area (TPSA) is 61.4 Å². The molecule has 4 nitrogen and oxygen atoms in total. The van der Waals surface area contributed by atoms with Crippen LogP contribution in [0.25, 0.3) is 0 Å². The molecule has 2 rings (SSSR count). The highest BCUT2D eigenvalue weighted by molar-refractivity contribution is 6.33. The van der Waals surface area contributed by atoms with Crippen molar-refractivity contribution in [3.63, 3.8) is 0 Å². The van der Waals surface area contributed by atoms with Gasteiger partial charge in [0.25, 0.3) is 0 Å². The zero-order chi connectivity index (χ0) is 12.0. The number of halogens is 2. The second-order valence-electron chi connectivity index (χ2n) is 4.33. The lowest BCUT2D eigenvalue weighted by atomic mass is 9.93. The van der Waals surface area contributed by atoms with E-state index < -0.39 is 11.4 Å². The monoisotopic (exact) mass is 262 g/mol. The lowest BCUT2D eigenvalue weighted by Gasteiger charge is -2.46. The summed E-state index contributed by atoms with van der Waals surface area (Å²) in [6, 6.07) is 0. The predicted octanol–water partition coefficient (Wildman–Crippen LogP) is 1.15. The fraction of sp³-hybridized carbons (Fsp3) is 0.500. The van der Waals surface area contributed by atoms with E-state index in [1.807, 2.05) is 0 Å². The van der Waals surface area contributed by atoms with E-state index in [0.717, 1.165) is 0 Å². The lowest BCUT2D eigenvalue weighted by Crippen LogP contribution is -2.71. The molecule has 1 amide bonds. The largest absolute Gasteiger partial charge is 0.376 e. The molecule has 0 bridgehead atoms. The van der Waals surface area contributed by atoms with Crippen molar-refractivity contribution in [1.82, 2.24) is 10.6 Å². The van der Waals surface area contributed by atoms with Gasteiger partial charge in [-0.3, -0.25) is 10.1 Å². The van der Waals surface area contributed by atoms with Crippen LogP contribution in [-0.2, 0) is 4.79 Å². The Kier molecular flexibility index (Phi) is 2.78. The minimum Gasteiger partial charge on any atom is -0.376 e. The summed E-state index contributed by atoms with van der Waals surface area (Å²) in [4.78, 5) is 11.5. The van der Waals surface area contributed by atoms with Gasteiger partial charge in [0, 0.05) is 11.5 Å². The number of hydrogen-bond donors (Lipinski definition) is 3. The van der Waals surface area contributed by atoms with Crippen LogP contribution < -0.4 is 10.6 Å². The maximum absolute atomic E-state index is 11.5. The van der Waals surface area contributed by atoms with Crippen molar-refractivity contribution in [3.05, 3.63) is 22.2 Å². The normalized spacial score (nSPS) is 39.1. The van der Waals surface area contributed by atoms with Gasteiger partial charge >= 0.3 is 0 Å². The summed E-state index contributed by atoms with van der Waals surface area (Å²) in [6.45, 7) is 1.53. The molecular formula is C10H12Cl2N2O2. The van der Waals surface area contributed by atoms with Gasteiger partial charge in [-0.25, -0.2) is 0 Å². The van der Waals surface area contributed by atoms with Crippen LogP contribution in [0.1, 0.15) is 19.8 Å². The molecule has 1 aliphatic carbocycles. The molecule has 1 spiro atoms. The van der Waals surface area contributed by atoms with Crippen LogP contribution in [0.4, 0.5) is 0 Å². The number of amides is 1. The third-order valence-electron chi connectivity index (χ3n) is 2.59. The highest BCUT2D eigenvalue weighted by Crippen LogP contribution is 2.35. The molecule has 0 radical (unpaired) electrons. The molecule has 1 fully saturated rings. The van der Waals surface area contributed by atoms with Crippen LogP contribution >= 0.6 is 23.2 Å². The Morgan fingerprint density at radius 2 is 2.06 bits per heavy atom. The van der Waals surface area contributed by atoms with Crippen molar-refractivity contribution >= 4 is 29.1 Å². The molecule has 2 atom stereocenters. The van der Waals surface area contributed by atoms with Crippen molar-refractivity contribution in [1.29, 1.82) is 0 Å². The van der Waals surface area contributed by atoms with Gasteiger partial charge in [-0.1, -0.05) is 23.2 Å². The Labute approximate surface area is 103 Å². The van der Waals surface area contributed by atoms with E-state index in [2.05, 4.69) is 10.6 Å². The third kappa shape index (κ3) is 2.11. The molecule has 0 aromatic heterocycles. The quantitative estimate of drug-likeness (QED) is 0.614. The van der Waals surface area contributed by atoms with Crippen LogP contribution in [0, 0.1) is 0 Å². The standard InChI is InChI=1S/C10H12Cl2N2O2/c1-9(16)5-8(15)13-10(14-9)4-6(11)2-3-7(10)12/h2-3,14,16H,4-5H2,1H3,(H,13,15)/t9-,10+/m0/s1. The van der Waals surface area contributed by atoms with Crippen LogP contribution in [0.15, 0.2) is 22.2 Å². The van der Waals surface area contributed by atoms with Gasteiger partial charge in [-0.2, -0.15) is 0 Å². The summed E-state index contributed by atoms with van der Waals surface area (Å²) in [5.41, 5.74) is -2.27. The van der Waals surface area contributed by atoms with E-state index >= 15 is 0 Å². The minimum atomic E-state index is -1.29. The third-order valence-corrected chi connectivity index (χ3v) is 3.30. The number of aliphatic hydroxyl groups is 1. The first-order valence-corrected chi connectivity index (χ1v) is 5.64. The Balaban J connectivity index is 2.35. The first-order valence-electron chi connectivity index (χ1n) is 4.88. The van der Waals surface area contributed by atoms with Gasteiger partial charge in [0.05, 0.1) is 11.5 Å². The molecule has 0 saturated carbocycles. The summed E-state index contributed by atoms with van der Waals surface area (Å²) >= 11 is 12.0. The van der Waals surface area contributed by atoms with Crippen molar-refractivity contribution in [3.8, 4) is 0 Å². The average molecular weight is 263 g/mol. The number of carbonyl (C=O) groups excluding carboxylic acids is 1. The molecule has 6 heteroatoms. The first kappa shape index (κ1) is 11.9. The minimum absolute atomic E-state index is 0.0136. The molecule has 3 N–H and O–H groups in total. The zero-order valence-corrected chi connectivity index (χ0v) is 10.2. The highest BCUT2D eigenvalue weighted by Gasteiger charge is 2.47. The highest BCUT2D eigenvalue weighted by atomic mass is 35.5. The zero-order valence-electron chi connectivity index (χ0n) is 8.68. The molecule has 1 heterocycles. The lowest BCUT2D eigenvalue weighted by molar-refractivity contribution is -0.137. The van der Waals surface area contributed by atoms with E-state index in [1.165, 1.54) is 6.92 Å². The maximum atomic E-state index is 11.5. The molecule has 0 aromatic rings. The van der Waals surface area contributed by atoms with Crippen molar-refractivity contribution in [2.45, 2.75) is 31.2 Å². The molecule has 16 heavy (non-hydrogen) atoms. The second kappa shape index (κ2) is 3.74. The summed E-state index contributed by atoms with van der Waals surface area (Å²) in [5, 5.41) is 16.6. The Bertz CT molecular complexity index is 400. The first-order chi connectivity index (χ1) is 7.33. The van der Waals surface area contributed by atoms with Gasteiger partial charge < -0.3 is 10.4 Å². The molecule has 1 saturated heterocycles. The van der Waals surface area contributed by atoms with Gasteiger partial charge in [-0.15, -0.1) is 0 Å². The van der Waals surface area contributed by atoms with Gasteiger partial charge in [0.2, 0.25) is 5.91 Å². The fourth-order valence-electron chi connectivity index (χ4n) is 2.04. The molecule has 1 aliphatic heterocycles. The summed E-state index contributed by atoms with van der Waals surface area (Å²) in [5.74, 6) is -0.262. The van der Waals surface area contributed by atoms with Crippen LogP contribution in [0.2, 0.25) is 0 Å². The molecule has 0 aromatic carbocycles. The molecular weight excluding hydrogens is 251 g/mol. The fourth-order valence-corrected chi connectivity index (χ4v) is 2.53. The summed E-state index contributed by atoms with van der Waals surface area (Å²) in [7, 11) is 0. The Morgan fingerprint density at radius 3 is 2.69 bits per heavy atom. The van der Waals surface area contributed by atoms with Crippen LogP contribution in [0.3, 0.4) is 0 Å². The second-order valence-corrected chi connectivity index (χ2v) is 5.23. The van der Waals surface area contributed by atoms with Gasteiger partial charge in [-0.05, 0) is 19.1 Å². The maximum Gasteiger partial charge on any atom is 0.226 e. The van der Waals surface area contributed by atoms with Crippen molar-refractivity contribution in [2.75, 3.05) is 0 Å². The summed E-state index contributed by atoms with van der Waals surface area (Å²) < 4.78 is 0. The SMILES string of the molecule is C[C@]1(O)CC(=O)N[C@]2(CC(Cl)=CC=C2Cl)N1. The number of hydrogen-bond acceptors (Lipinski definition) is 3. The van der Waals surface area contributed by atoms with E-state index in [4.69, 9.17) is 23.2 Å². The smallest absolute Gasteiger partial charge is 0.226 e. The number of nitrogens with one attached hydrogen (secondary N) is 2. The van der Waals surface area contributed by atoms with Crippen LogP contribution in [0.5, 0.6) is 0 Å². The van der Waals surface area contributed by atoms with E-state index in [-0.39, 0.29) is 12.3 Å². The van der Waals surface area contributed by atoms with Crippen LogP contribution in [-0.4, -0.2) is 22.4 Å². The molecule has 88 valence electrons. The van der Waals surface area contributed by atoms with E-state index in [0.29, 0.717) is 16.5 Å². The van der Waals surface area contributed by atoms with Gasteiger partial charge in [0.1, 0.15) is 11.4 Å². The number of rotatable bonds is 0. The number of allylic oxidation sites excluding steroid dienone is 2. The van der Waals surface area contributed by atoms with Gasteiger partial charge in [0.15, 0.2) is 0 Å². The molecule has 2 aliphatic rings.